The van der Waals surface area contributed by atoms with Gasteiger partial charge in [-0.3, -0.25) is 9.78 Å². The Morgan fingerprint density at radius 1 is 1.17 bits per heavy atom. The molecule has 1 amide bonds. The van der Waals surface area contributed by atoms with Gasteiger partial charge >= 0.3 is 6.18 Å². The van der Waals surface area contributed by atoms with Crippen molar-refractivity contribution in [3.63, 3.8) is 0 Å². The summed E-state index contributed by atoms with van der Waals surface area (Å²) in [5, 5.41) is 3.28. The van der Waals surface area contributed by atoms with E-state index in [1.807, 2.05) is 11.0 Å². The van der Waals surface area contributed by atoms with E-state index in [9.17, 15) is 18.0 Å². The van der Waals surface area contributed by atoms with E-state index in [-0.39, 0.29) is 5.69 Å². The maximum atomic E-state index is 13.3. The summed E-state index contributed by atoms with van der Waals surface area (Å²) in [4.78, 5) is 23.9. The first-order valence-electron chi connectivity index (χ1n) is 9.49. The van der Waals surface area contributed by atoms with Crippen LogP contribution in [0.5, 0.6) is 0 Å². The highest BCUT2D eigenvalue weighted by Crippen LogP contribution is 2.37. The number of carbonyl (C=O) groups is 1. The van der Waals surface area contributed by atoms with Crippen LogP contribution in [-0.4, -0.2) is 29.0 Å². The van der Waals surface area contributed by atoms with Crippen molar-refractivity contribution in [1.82, 2.24) is 9.97 Å². The van der Waals surface area contributed by atoms with Gasteiger partial charge in [0.2, 0.25) is 0 Å². The fourth-order valence-corrected chi connectivity index (χ4v) is 4.37. The molecule has 156 valence electrons. The number of nitrogens with zero attached hydrogens (tertiary/aromatic N) is 3. The predicted octanol–water partition coefficient (Wildman–Crippen LogP) is 5.38. The van der Waals surface area contributed by atoms with Gasteiger partial charge in [-0.05, 0) is 50.1 Å². The number of aryl methyl sites for hydroxylation is 1. The Hall–Kier alpha value is -2.94. The Labute approximate surface area is 175 Å². The lowest BCUT2D eigenvalue weighted by Crippen LogP contribution is -2.22. The first-order chi connectivity index (χ1) is 14.3. The summed E-state index contributed by atoms with van der Waals surface area (Å²) < 4.78 is 39.8. The molecular formula is C21H19F3N4OS. The van der Waals surface area contributed by atoms with Crippen molar-refractivity contribution in [2.24, 2.45) is 0 Å². The van der Waals surface area contributed by atoms with E-state index in [0.29, 0.717) is 27.0 Å². The van der Waals surface area contributed by atoms with Crippen LogP contribution >= 0.6 is 11.3 Å². The van der Waals surface area contributed by atoms with E-state index in [2.05, 4.69) is 15.3 Å². The average molecular weight is 432 g/mol. The third-order valence-electron chi connectivity index (χ3n) is 4.91. The number of hydrogen-bond acceptors (Lipinski definition) is 5. The summed E-state index contributed by atoms with van der Waals surface area (Å²) in [6, 6.07) is 8.89. The number of thiazole rings is 1. The molecule has 1 saturated heterocycles. The Kier molecular flexibility index (Phi) is 5.46. The van der Waals surface area contributed by atoms with Crippen molar-refractivity contribution < 1.29 is 18.0 Å². The third-order valence-corrected chi connectivity index (χ3v) is 6.08. The summed E-state index contributed by atoms with van der Waals surface area (Å²) in [6.45, 7) is 3.20. The zero-order valence-corrected chi connectivity index (χ0v) is 17.0. The molecule has 3 aromatic rings. The molecule has 5 nitrogen and oxygen atoms in total. The molecule has 4 rings (SSSR count). The van der Waals surface area contributed by atoms with Crippen LogP contribution in [-0.2, 0) is 6.18 Å². The first kappa shape index (κ1) is 20.3. The Balaban J connectivity index is 1.66. The van der Waals surface area contributed by atoms with Gasteiger partial charge in [0.25, 0.3) is 5.91 Å². The standard InChI is InChI=1S/C21H19F3N4OS/c1-13-18(30-20(26-13)15-6-2-3-9-25-15)19(29)27-16-12-14(21(22,23)24)7-8-17(16)28-10-4-5-11-28/h2-3,6-9,12H,4-5,10-11H2,1H3,(H,27,29). The number of alkyl halides is 3. The van der Waals surface area contributed by atoms with E-state index in [4.69, 9.17) is 0 Å². The number of amides is 1. The number of benzene rings is 1. The maximum absolute atomic E-state index is 13.3. The number of rotatable bonds is 4. The zero-order chi connectivity index (χ0) is 21.3. The van der Waals surface area contributed by atoms with E-state index in [1.165, 1.54) is 17.4 Å². The lowest BCUT2D eigenvalue weighted by Gasteiger charge is -2.22. The molecule has 30 heavy (non-hydrogen) atoms. The minimum atomic E-state index is -4.49. The Morgan fingerprint density at radius 3 is 2.60 bits per heavy atom. The highest BCUT2D eigenvalue weighted by atomic mass is 32.1. The largest absolute Gasteiger partial charge is 0.416 e. The monoisotopic (exact) mass is 432 g/mol. The van der Waals surface area contributed by atoms with Crippen LogP contribution in [0.15, 0.2) is 42.6 Å². The van der Waals surface area contributed by atoms with Gasteiger partial charge in [0.15, 0.2) is 0 Å². The fourth-order valence-electron chi connectivity index (χ4n) is 3.43. The predicted molar refractivity (Wildman–Crippen MR) is 111 cm³/mol. The second kappa shape index (κ2) is 8.06. The van der Waals surface area contributed by atoms with Crippen LogP contribution in [0.3, 0.4) is 0 Å². The number of carbonyl (C=O) groups excluding carboxylic acids is 1. The molecule has 1 aliphatic rings. The topological polar surface area (TPSA) is 58.1 Å². The van der Waals surface area contributed by atoms with Crippen LogP contribution in [0.25, 0.3) is 10.7 Å². The van der Waals surface area contributed by atoms with Crippen LogP contribution < -0.4 is 10.2 Å². The molecule has 1 fully saturated rings. The summed E-state index contributed by atoms with van der Waals surface area (Å²) in [5.74, 6) is -0.480. The minimum Gasteiger partial charge on any atom is -0.370 e. The van der Waals surface area contributed by atoms with Crippen molar-refractivity contribution in [2.75, 3.05) is 23.3 Å². The number of nitrogens with one attached hydrogen (secondary N) is 1. The number of aromatic nitrogens is 2. The molecule has 1 aliphatic heterocycles. The van der Waals surface area contributed by atoms with Gasteiger partial charge in [-0.15, -0.1) is 11.3 Å². The van der Waals surface area contributed by atoms with Gasteiger partial charge in [-0.25, -0.2) is 4.98 Å². The molecular weight excluding hydrogens is 413 g/mol. The number of anilines is 2. The molecule has 9 heteroatoms. The first-order valence-corrected chi connectivity index (χ1v) is 10.3. The molecule has 0 spiro atoms. The Bertz CT molecular complexity index is 1060. The van der Waals surface area contributed by atoms with Crippen LogP contribution in [0.2, 0.25) is 0 Å². The molecule has 0 aliphatic carbocycles. The van der Waals surface area contributed by atoms with E-state index in [0.717, 1.165) is 38.1 Å². The zero-order valence-electron chi connectivity index (χ0n) is 16.2. The van der Waals surface area contributed by atoms with Crippen molar-refractivity contribution in [2.45, 2.75) is 25.9 Å². The lowest BCUT2D eigenvalue weighted by atomic mass is 10.1. The van der Waals surface area contributed by atoms with Gasteiger partial charge in [-0.2, -0.15) is 13.2 Å². The van der Waals surface area contributed by atoms with Crippen molar-refractivity contribution >= 4 is 28.6 Å². The van der Waals surface area contributed by atoms with Crippen LogP contribution in [0.1, 0.15) is 33.8 Å². The fraction of sp³-hybridized carbons (Fsp3) is 0.286. The number of pyridine rings is 1. The van der Waals surface area contributed by atoms with Crippen molar-refractivity contribution in [1.29, 1.82) is 0 Å². The van der Waals surface area contributed by atoms with Crippen molar-refractivity contribution in [3.8, 4) is 10.7 Å². The molecule has 1 aromatic carbocycles. The Morgan fingerprint density at radius 2 is 1.93 bits per heavy atom. The summed E-state index contributed by atoms with van der Waals surface area (Å²) in [6.07, 6.45) is -0.919. The molecule has 0 bridgehead atoms. The summed E-state index contributed by atoms with van der Waals surface area (Å²) in [7, 11) is 0. The second-order valence-electron chi connectivity index (χ2n) is 7.03. The SMILES string of the molecule is Cc1nc(-c2ccccn2)sc1C(=O)Nc1cc(C(F)(F)F)ccc1N1CCCC1. The quantitative estimate of drug-likeness (QED) is 0.601. The van der Waals surface area contributed by atoms with Crippen LogP contribution in [0, 0.1) is 6.92 Å². The normalized spacial score (nSPS) is 14.2. The molecule has 0 saturated carbocycles. The summed E-state index contributed by atoms with van der Waals surface area (Å²) in [5.41, 5.74) is 1.11. The van der Waals surface area contributed by atoms with E-state index >= 15 is 0 Å². The van der Waals surface area contributed by atoms with Gasteiger partial charge < -0.3 is 10.2 Å². The van der Waals surface area contributed by atoms with E-state index in [1.54, 1.807) is 25.3 Å². The van der Waals surface area contributed by atoms with Crippen LogP contribution in [0.4, 0.5) is 24.5 Å². The highest BCUT2D eigenvalue weighted by Gasteiger charge is 2.32. The third kappa shape index (κ3) is 4.16. The van der Waals surface area contributed by atoms with Gasteiger partial charge in [-0.1, -0.05) is 6.07 Å². The number of hydrogen-bond donors (Lipinski definition) is 1. The smallest absolute Gasteiger partial charge is 0.370 e. The van der Waals surface area contributed by atoms with Gasteiger partial charge in [0, 0.05) is 19.3 Å². The van der Waals surface area contributed by atoms with E-state index < -0.39 is 17.6 Å². The molecule has 1 N–H and O–H groups in total. The second-order valence-corrected chi connectivity index (χ2v) is 8.03. The molecule has 0 unspecified atom stereocenters. The molecule has 2 aromatic heterocycles. The summed E-state index contributed by atoms with van der Waals surface area (Å²) >= 11 is 1.17. The average Bonchev–Trinajstić information content (AvgIpc) is 3.38. The lowest BCUT2D eigenvalue weighted by molar-refractivity contribution is -0.137. The van der Waals surface area contributed by atoms with Gasteiger partial charge in [0.05, 0.1) is 28.3 Å². The molecule has 3 heterocycles. The maximum Gasteiger partial charge on any atom is 0.416 e. The van der Waals surface area contributed by atoms with Crippen molar-refractivity contribution in [3.05, 3.63) is 58.7 Å². The minimum absolute atomic E-state index is 0.156. The molecule has 0 radical (unpaired) electrons. The number of halogens is 3. The van der Waals surface area contributed by atoms with Gasteiger partial charge in [0.1, 0.15) is 9.88 Å². The highest BCUT2D eigenvalue weighted by molar-refractivity contribution is 7.17. The molecule has 0 atom stereocenters.